The molecule has 0 bridgehead atoms. The van der Waals surface area contributed by atoms with Crippen LogP contribution in [0.5, 0.6) is 5.75 Å². The van der Waals surface area contributed by atoms with Gasteiger partial charge in [-0.05, 0) is 44.9 Å². The molecule has 0 radical (unpaired) electrons. The number of rotatable bonds is 6. The number of nitrogens with one attached hydrogen (secondary N) is 1. The number of pyridine rings is 1. The van der Waals surface area contributed by atoms with Gasteiger partial charge in [0, 0.05) is 12.8 Å². The van der Waals surface area contributed by atoms with Gasteiger partial charge in [-0.15, -0.1) is 0 Å². The van der Waals surface area contributed by atoms with Gasteiger partial charge in [-0.1, -0.05) is 6.92 Å². The van der Waals surface area contributed by atoms with Gasteiger partial charge >= 0.3 is 0 Å². The Kier molecular flexibility index (Phi) is 4.77. The Labute approximate surface area is 115 Å². The van der Waals surface area contributed by atoms with Gasteiger partial charge in [-0.2, -0.15) is 0 Å². The molecule has 1 saturated heterocycles. The van der Waals surface area contributed by atoms with E-state index in [1.807, 2.05) is 18.3 Å². The van der Waals surface area contributed by atoms with Crippen molar-refractivity contribution >= 4 is 0 Å². The molecule has 2 heterocycles. The second kappa shape index (κ2) is 6.35. The Balaban J connectivity index is 2.31. The van der Waals surface area contributed by atoms with Gasteiger partial charge in [0.05, 0.1) is 18.8 Å². The van der Waals surface area contributed by atoms with Gasteiger partial charge in [0.2, 0.25) is 0 Å². The lowest BCUT2D eigenvalue weighted by Crippen LogP contribution is -2.42. The van der Waals surface area contributed by atoms with E-state index in [1.165, 1.54) is 0 Å². The van der Waals surface area contributed by atoms with Crippen molar-refractivity contribution in [2.75, 3.05) is 20.3 Å². The maximum atomic E-state index is 6.00. The molecule has 0 spiro atoms. The normalized spacial score (nSPS) is 24.4. The lowest BCUT2D eigenvalue weighted by Gasteiger charge is -2.34. The predicted molar refractivity (Wildman–Crippen MR) is 75.4 cm³/mol. The Morgan fingerprint density at radius 1 is 1.58 bits per heavy atom. The summed E-state index contributed by atoms with van der Waals surface area (Å²) in [5.41, 5.74) is 0.749. The largest absolute Gasteiger partial charge is 0.495 e. The maximum Gasteiger partial charge on any atom is 0.142 e. The summed E-state index contributed by atoms with van der Waals surface area (Å²) >= 11 is 0. The zero-order valence-corrected chi connectivity index (χ0v) is 12.1. The van der Waals surface area contributed by atoms with Crippen LogP contribution in [0.2, 0.25) is 0 Å². The molecule has 1 aromatic heterocycles. The quantitative estimate of drug-likeness (QED) is 0.858. The number of aromatic nitrogens is 1. The van der Waals surface area contributed by atoms with Crippen LogP contribution < -0.4 is 10.1 Å². The molecule has 0 amide bonds. The average Bonchev–Trinajstić information content (AvgIpc) is 2.87. The van der Waals surface area contributed by atoms with Crippen LogP contribution in [0.3, 0.4) is 0 Å². The molecule has 4 nitrogen and oxygen atoms in total. The standard InChI is InChI=1S/C15H24N2O2/c1-4-9-17-14(15(2)8-6-11-19-15)13-12(18-3)7-5-10-16-13/h5,7,10,14,17H,4,6,8-9,11H2,1-3H3. The summed E-state index contributed by atoms with van der Waals surface area (Å²) < 4.78 is 11.4. The van der Waals surface area contributed by atoms with Gasteiger partial charge in [0.25, 0.3) is 0 Å². The molecule has 1 aliphatic rings. The minimum absolute atomic E-state index is 0.0751. The minimum atomic E-state index is -0.198. The molecule has 0 aromatic carbocycles. The van der Waals surface area contributed by atoms with Crippen LogP contribution in [-0.4, -0.2) is 30.8 Å². The summed E-state index contributed by atoms with van der Waals surface area (Å²) in [6.45, 7) is 6.11. The Morgan fingerprint density at radius 2 is 2.42 bits per heavy atom. The molecule has 1 aliphatic heterocycles. The third-order valence-corrected chi connectivity index (χ3v) is 3.75. The number of hydrogen-bond donors (Lipinski definition) is 1. The Morgan fingerprint density at radius 3 is 3.05 bits per heavy atom. The molecule has 2 rings (SSSR count). The summed E-state index contributed by atoms with van der Waals surface area (Å²) in [6, 6.07) is 3.93. The van der Waals surface area contributed by atoms with E-state index in [9.17, 15) is 0 Å². The number of ether oxygens (including phenoxy) is 2. The first-order valence-electron chi connectivity index (χ1n) is 7.07. The zero-order chi connectivity index (χ0) is 13.7. The molecule has 4 heteroatoms. The van der Waals surface area contributed by atoms with Gasteiger partial charge in [-0.3, -0.25) is 4.98 Å². The van der Waals surface area contributed by atoms with E-state index in [1.54, 1.807) is 7.11 Å². The molecular weight excluding hydrogens is 240 g/mol. The number of methoxy groups -OCH3 is 1. The van der Waals surface area contributed by atoms with E-state index in [0.29, 0.717) is 0 Å². The number of hydrogen-bond acceptors (Lipinski definition) is 4. The Hall–Kier alpha value is -1.13. The summed E-state index contributed by atoms with van der Waals surface area (Å²) in [4.78, 5) is 4.53. The summed E-state index contributed by atoms with van der Waals surface area (Å²) in [5.74, 6) is 0.827. The predicted octanol–water partition coefficient (Wildman–Crippen LogP) is 2.70. The van der Waals surface area contributed by atoms with E-state index in [2.05, 4.69) is 24.1 Å². The van der Waals surface area contributed by atoms with Crippen molar-refractivity contribution < 1.29 is 9.47 Å². The first-order valence-corrected chi connectivity index (χ1v) is 7.07. The fraction of sp³-hybridized carbons (Fsp3) is 0.667. The van der Waals surface area contributed by atoms with Crippen LogP contribution in [-0.2, 0) is 4.74 Å². The monoisotopic (exact) mass is 264 g/mol. The fourth-order valence-corrected chi connectivity index (χ4v) is 2.71. The SMILES string of the molecule is CCCNC(c1ncccc1OC)C1(C)CCCO1. The van der Waals surface area contributed by atoms with Crippen molar-refractivity contribution in [3.8, 4) is 5.75 Å². The lowest BCUT2D eigenvalue weighted by molar-refractivity contribution is -0.0142. The van der Waals surface area contributed by atoms with Crippen LogP contribution in [0, 0.1) is 0 Å². The fourth-order valence-electron chi connectivity index (χ4n) is 2.71. The van der Waals surface area contributed by atoms with E-state index in [0.717, 1.165) is 43.9 Å². The highest BCUT2D eigenvalue weighted by molar-refractivity contribution is 5.31. The van der Waals surface area contributed by atoms with Gasteiger partial charge in [0.15, 0.2) is 0 Å². The molecule has 2 unspecified atom stereocenters. The summed E-state index contributed by atoms with van der Waals surface area (Å²) in [6.07, 6.45) is 5.06. The Bertz CT molecular complexity index is 403. The van der Waals surface area contributed by atoms with E-state index < -0.39 is 0 Å². The van der Waals surface area contributed by atoms with Crippen LogP contribution >= 0.6 is 0 Å². The van der Waals surface area contributed by atoms with Crippen LogP contribution in [0.1, 0.15) is 44.8 Å². The minimum Gasteiger partial charge on any atom is -0.495 e. The molecule has 106 valence electrons. The second-order valence-corrected chi connectivity index (χ2v) is 5.24. The molecule has 0 aliphatic carbocycles. The van der Waals surface area contributed by atoms with E-state index in [-0.39, 0.29) is 11.6 Å². The topological polar surface area (TPSA) is 43.4 Å². The first kappa shape index (κ1) is 14.3. The van der Waals surface area contributed by atoms with Gasteiger partial charge in [-0.25, -0.2) is 0 Å². The molecule has 2 atom stereocenters. The zero-order valence-electron chi connectivity index (χ0n) is 12.1. The van der Waals surface area contributed by atoms with Gasteiger partial charge < -0.3 is 14.8 Å². The molecular formula is C15H24N2O2. The number of nitrogens with zero attached hydrogens (tertiary/aromatic N) is 1. The van der Waals surface area contributed by atoms with Crippen LogP contribution in [0.15, 0.2) is 18.3 Å². The second-order valence-electron chi connectivity index (χ2n) is 5.24. The van der Waals surface area contributed by atoms with E-state index >= 15 is 0 Å². The third-order valence-electron chi connectivity index (χ3n) is 3.75. The van der Waals surface area contributed by atoms with E-state index in [4.69, 9.17) is 9.47 Å². The van der Waals surface area contributed by atoms with Crippen molar-refractivity contribution in [3.05, 3.63) is 24.0 Å². The molecule has 19 heavy (non-hydrogen) atoms. The highest BCUT2D eigenvalue weighted by atomic mass is 16.5. The van der Waals surface area contributed by atoms with Crippen LogP contribution in [0.25, 0.3) is 0 Å². The average molecular weight is 264 g/mol. The molecule has 0 saturated carbocycles. The highest BCUT2D eigenvalue weighted by Gasteiger charge is 2.41. The van der Waals surface area contributed by atoms with Gasteiger partial charge in [0.1, 0.15) is 11.4 Å². The first-order chi connectivity index (χ1) is 9.21. The molecule has 1 N–H and O–H groups in total. The highest BCUT2D eigenvalue weighted by Crippen LogP contribution is 2.39. The van der Waals surface area contributed by atoms with Crippen molar-refractivity contribution in [2.24, 2.45) is 0 Å². The molecule has 1 fully saturated rings. The van der Waals surface area contributed by atoms with Crippen molar-refractivity contribution in [1.29, 1.82) is 0 Å². The van der Waals surface area contributed by atoms with Crippen molar-refractivity contribution in [1.82, 2.24) is 10.3 Å². The summed E-state index contributed by atoms with van der Waals surface area (Å²) in [7, 11) is 1.69. The molecule has 1 aromatic rings. The van der Waals surface area contributed by atoms with Crippen molar-refractivity contribution in [3.63, 3.8) is 0 Å². The smallest absolute Gasteiger partial charge is 0.142 e. The lowest BCUT2D eigenvalue weighted by atomic mass is 9.89. The van der Waals surface area contributed by atoms with Crippen LogP contribution in [0.4, 0.5) is 0 Å². The van der Waals surface area contributed by atoms with Crippen molar-refractivity contribution in [2.45, 2.75) is 44.8 Å². The summed E-state index contributed by atoms with van der Waals surface area (Å²) in [5, 5.41) is 3.58. The maximum absolute atomic E-state index is 6.00. The third kappa shape index (κ3) is 3.07.